The number of carboxylic acid groups (broad SMARTS) is 1. The van der Waals surface area contributed by atoms with E-state index in [9.17, 15) is 14.7 Å². The summed E-state index contributed by atoms with van der Waals surface area (Å²) in [6, 6.07) is -0.0865. The van der Waals surface area contributed by atoms with Crippen LogP contribution in [0, 0.1) is 11.3 Å². The molecule has 0 spiro atoms. The zero-order valence-electron chi connectivity index (χ0n) is 13.3. The van der Waals surface area contributed by atoms with Gasteiger partial charge in [-0.3, -0.25) is 4.79 Å². The highest BCUT2D eigenvalue weighted by molar-refractivity contribution is 5.76. The normalized spacial score (nSPS) is 30.3. The molecule has 0 heterocycles. The zero-order chi connectivity index (χ0) is 15.7. The number of amides is 1. The van der Waals surface area contributed by atoms with Gasteiger partial charge in [-0.1, -0.05) is 12.8 Å². The summed E-state index contributed by atoms with van der Waals surface area (Å²) in [6.07, 6.45) is 5.74. The molecule has 2 N–H and O–H groups in total. The maximum Gasteiger partial charge on any atom is 0.407 e. The van der Waals surface area contributed by atoms with Gasteiger partial charge in [0.25, 0.3) is 0 Å². The van der Waals surface area contributed by atoms with Crippen LogP contribution in [-0.2, 0) is 9.53 Å². The van der Waals surface area contributed by atoms with Crippen molar-refractivity contribution >= 4 is 12.1 Å². The molecule has 2 aliphatic rings. The van der Waals surface area contributed by atoms with Crippen LogP contribution in [0.5, 0.6) is 0 Å². The fraction of sp³-hybridized carbons (Fsp3) is 0.875. The molecule has 1 amide bonds. The molecular weight excluding hydrogens is 270 g/mol. The highest BCUT2D eigenvalue weighted by Crippen LogP contribution is 2.50. The van der Waals surface area contributed by atoms with Gasteiger partial charge in [0.05, 0.1) is 5.41 Å². The summed E-state index contributed by atoms with van der Waals surface area (Å²) in [5, 5.41) is 12.6. The fourth-order valence-corrected chi connectivity index (χ4v) is 3.89. The van der Waals surface area contributed by atoms with Crippen molar-refractivity contribution in [1.29, 1.82) is 0 Å². The lowest BCUT2D eigenvalue weighted by Crippen LogP contribution is -2.41. The molecule has 2 saturated carbocycles. The summed E-state index contributed by atoms with van der Waals surface area (Å²) in [4.78, 5) is 23.7. The van der Waals surface area contributed by atoms with Crippen molar-refractivity contribution in [3.8, 4) is 0 Å². The van der Waals surface area contributed by atoms with E-state index in [-0.39, 0.29) is 12.0 Å². The van der Waals surface area contributed by atoms with Gasteiger partial charge in [0.1, 0.15) is 5.60 Å². The lowest BCUT2D eigenvalue weighted by molar-refractivity contribution is -0.152. The van der Waals surface area contributed by atoms with Crippen LogP contribution < -0.4 is 5.32 Å². The van der Waals surface area contributed by atoms with Crippen molar-refractivity contribution in [3.63, 3.8) is 0 Å². The Morgan fingerprint density at radius 2 is 1.81 bits per heavy atom. The number of carbonyl (C=O) groups is 2. The van der Waals surface area contributed by atoms with Gasteiger partial charge in [0.2, 0.25) is 0 Å². The van der Waals surface area contributed by atoms with Crippen LogP contribution in [0.25, 0.3) is 0 Å². The van der Waals surface area contributed by atoms with Gasteiger partial charge >= 0.3 is 12.1 Å². The molecule has 120 valence electrons. The number of aliphatic carboxylic acids is 1. The maximum absolute atomic E-state index is 11.8. The summed E-state index contributed by atoms with van der Waals surface area (Å²) in [7, 11) is 0. The van der Waals surface area contributed by atoms with E-state index in [1.807, 2.05) is 20.8 Å². The molecule has 2 aliphatic carbocycles. The van der Waals surface area contributed by atoms with Gasteiger partial charge in [-0.05, 0) is 58.8 Å². The Kier molecular flexibility index (Phi) is 4.49. The third-order valence-electron chi connectivity index (χ3n) is 4.83. The number of carbonyl (C=O) groups excluding carboxylic acids is 1. The highest BCUT2D eigenvalue weighted by Gasteiger charge is 2.51. The Bertz CT molecular complexity index is 409. The van der Waals surface area contributed by atoms with E-state index in [2.05, 4.69) is 5.32 Å². The average molecular weight is 297 g/mol. The predicted octanol–water partition coefficient (Wildman–Crippen LogP) is 3.32. The van der Waals surface area contributed by atoms with Crippen molar-refractivity contribution < 1.29 is 19.4 Å². The topological polar surface area (TPSA) is 75.6 Å². The molecule has 0 aromatic heterocycles. The monoisotopic (exact) mass is 297 g/mol. The summed E-state index contributed by atoms with van der Waals surface area (Å²) in [5.41, 5.74) is -1.17. The molecule has 0 radical (unpaired) electrons. The number of hydrogen-bond donors (Lipinski definition) is 2. The first-order valence-corrected chi connectivity index (χ1v) is 7.96. The molecule has 0 aromatic rings. The molecule has 0 bridgehead atoms. The van der Waals surface area contributed by atoms with E-state index in [1.54, 1.807) is 0 Å². The lowest BCUT2D eigenvalue weighted by Gasteiger charge is -2.31. The van der Waals surface area contributed by atoms with Crippen molar-refractivity contribution in [2.24, 2.45) is 11.3 Å². The van der Waals surface area contributed by atoms with Crippen molar-refractivity contribution in [2.45, 2.75) is 77.4 Å². The Balaban J connectivity index is 1.97. The molecule has 2 atom stereocenters. The van der Waals surface area contributed by atoms with Crippen LogP contribution in [0.1, 0.15) is 65.7 Å². The van der Waals surface area contributed by atoms with Gasteiger partial charge < -0.3 is 15.2 Å². The summed E-state index contributed by atoms with van der Waals surface area (Å²) in [6.45, 7) is 5.46. The summed E-state index contributed by atoms with van der Waals surface area (Å²) < 4.78 is 5.26. The van der Waals surface area contributed by atoms with Crippen LogP contribution in [-0.4, -0.2) is 28.8 Å². The van der Waals surface area contributed by atoms with Gasteiger partial charge in [-0.2, -0.15) is 0 Å². The quantitative estimate of drug-likeness (QED) is 0.838. The SMILES string of the molecule is CC(C)(C)OC(=O)NC1CCC(C(=O)O)(C2CCCC2)C1. The van der Waals surface area contributed by atoms with Gasteiger partial charge in [-0.15, -0.1) is 0 Å². The second kappa shape index (κ2) is 5.85. The van der Waals surface area contributed by atoms with E-state index < -0.39 is 23.1 Å². The Morgan fingerprint density at radius 1 is 1.19 bits per heavy atom. The summed E-state index contributed by atoms with van der Waals surface area (Å²) in [5.74, 6) is -0.427. The van der Waals surface area contributed by atoms with E-state index in [4.69, 9.17) is 4.74 Å². The van der Waals surface area contributed by atoms with E-state index in [0.717, 1.165) is 32.1 Å². The number of nitrogens with one attached hydrogen (secondary N) is 1. The van der Waals surface area contributed by atoms with Crippen LogP contribution in [0.2, 0.25) is 0 Å². The highest BCUT2D eigenvalue weighted by atomic mass is 16.6. The van der Waals surface area contributed by atoms with Gasteiger partial charge in [0.15, 0.2) is 0 Å². The first-order chi connectivity index (χ1) is 9.73. The standard InChI is InChI=1S/C16H27NO4/c1-15(2,3)21-14(20)17-12-8-9-16(10-12,13(18)19)11-6-4-5-7-11/h11-12H,4-10H2,1-3H3,(H,17,20)(H,18,19). The van der Waals surface area contributed by atoms with Gasteiger partial charge in [-0.25, -0.2) is 4.79 Å². The molecule has 5 heteroatoms. The largest absolute Gasteiger partial charge is 0.481 e. The van der Waals surface area contributed by atoms with Crippen LogP contribution >= 0.6 is 0 Å². The predicted molar refractivity (Wildman–Crippen MR) is 79.0 cm³/mol. The van der Waals surface area contributed by atoms with Crippen molar-refractivity contribution in [1.82, 2.24) is 5.32 Å². The third-order valence-corrected chi connectivity index (χ3v) is 4.83. The Hall–Kier alpha value is -1.26. The minimum absolute atomic E-state index is 0.0865. The molecule has 2 fully saturated rings. The number of ether oxygens (including phenoxy) is 1. The summed E-state index contributed by atoms with van der Waals surface area (Å²) >= 11 is 0. The molecule has 2 unspecified atom stereocenters. The average Bonchev–Trinajstić information content (AvgIpc) is 2.94. The number of alkyl carbamates (subject to hydrolysis) is 1. The molecule has 5 nitrogen and oxygen atoms in total. The molecule has 21 heavy (non-hydrogen) atoms. The lowest BCUT2D eigenvalue weighted by atomic mass is 9.73. The number of hydrogen-bond acceptors (Lipinski definition) is 3. The zero-order valence-corrected chi connectivity index (χ0v) is 13.3. The van der Waals surface area contributed by atoms with Crippen molar-refractivity contribution in [3.05, 3.63) is 0 Å². The molecule has 0 aromatic carbocycles. The van der Waals surface area contributed by atoms with Gasteiger partial charge in [0, 0.05) is 6.04 Å². The number of carboxylic acids is 1. The first-order valence-electron chi connectivity index (χ1n) is 7.96. The van der Waals surface area contributed by atoms with Crippen molar-refractivity contribution in [2.75, 3.05) is 0 Å². The molecule has 0 saturated heterocycles. The molecular formula is C16H27NO4. The molecule has 2 rings (SSSR count). The fourth-order valence-electron chi connectivity index (χ4n) is 3.89. The second-order valence-electron chi connectivity index (χ2n) is 7.53. The first kappa shape index (κ1) is 16.1. The Morgan fingerprint density at radius 3 is 2.33 bits per heavy atom. The van der Waals surface area contributed by atoms with E-state index in [1.165, 1.54) is 0 Å². The Labute approximate surface area is 126 Å². The molecule has 0 aliphatic heterocycles. The smallest absolute Gasteiger partial charge is 0.407 e. The van der Waals surface area contributed by atoms with E-state index >= 15 is 0 Å². The van der Waals surface area contributed by atoms with E-state index in [0.29, 0.717) is 12.8 Å². The minimum Gasteiger partial charge on any atom is -0.481 e. The van der Waals surface area contributed by atoms with Crippen LogP contribution in [0.4, 0.5) is 4.79 Å². The van der Waals surface area contributed by atoms with Crippen LogP contribution in [0.15, 0.2) is 0 Å². The second-order valence-corrected chi connectivity index (χ2v) is 7.53. The maximum atomic E-state index is 11.8. The minimum atomic E-state index is -0.692. The third kappa shape index (κ3) is 3.69. The van der Waals surface area contributed by atoms with Crippen LogP contribution in [0.3, 0.4) is 0 Å². The number of rotatable bonds is 3.